The van der Waals surface area contributed by atoms with E-state index in [1.54, 1.807) is 0 Å². The van der Waals surface area contributed by atoms with Crippen LogP contribution in [0.2, 0.25) is 0 Å². The van der Waals surface area contributed by atoms with Crippen LogP contribution in [0, 0.1) is 11.3 Å². The Morgan fingerprint density at radius 3 is 2.31 bits per heavy atom. The molecule has 0 aliphatic rings. The molecule has 1 aromatic carbocycles. The van der Waals surface area contributed by atoms with Crippen LogP contribution in [0.3, 0.4) is 0 Å². The fraction of sp³-hybridized carbons (Fsp3) is 0.591. The van der Waals surface area contributed by atoms with Crippen LogP contribution in [0.15, 0.2) is 30.3 Å². The number of methoxy groups -OCH3 is 1. The molecule has 0 aliphatic carbocycles. The molecule has 0 saturated carbocycles. The molecule has 2 N–H and O–H groups in total. The summed E-state index contributed by atoms with van der Waals surface area (Å²) in [6.07, 6.45) is -0.109. The van der Waals surface area contributed by atoms with Gasteiger partial charge in [-0.3, -0.25) is 4.79 Å². The number of alkyl carbamates (subject to hydrolysis) is 1. The lowest BCUT2D eigenvalue weighted by molar-refractivity contribution is -0.145. The summed E-state index contributed by atoms with van der Waals surface area (Å²) >= 11 is 0. The maximum atomic E-state index is 12.9. The molecule has 0 bridgehead atoms. The Kier molecular flexibility index (Phi) is 8.96. The molecule has 0 fully saturated rings. The Labute approximate surface area is 174 Å². The summed E-state index contributed by atoms with van der Waals surface area (Å²) in [5.74, 6) is -0.896. The van der Waals surface area contributed by atoms with Crippen LogP contribution in [0.25, 0.3) is 0 Å². The predicted octanol–water partition coefficient (Wildman–Crippen LogP) is 3.42. The first-order valence-electron chi connectivity index (χ1n) is 10.4. The monoisotopic (exact) mass is 407 g/mol. The molecule has 0 saturated heterocycles. The molecule has 0 aliphatic heterocycles. The van der Waals surface area contributed by atoms with Gasteiger partial charge in [0, 0.05) is 1.37 Å². The third kappa shape index (κ3) is 9.96. The fourth-order valence-electron chi connectivity index (χ4n) is 2.77. The minimum Gasteiger partial charge on any atom is -0.467 e. The molecule has 0 radical (unpaired) electrons. The van der Waals surface area contributed by atoms with Crippen LogP contribution in [0.5, 0.6) is 0 Å². The lowest BCUT2D eigenvalue weighted by Crippen LogP contribution is -2.53. The number of esters is 1. The number of carbonyl (C=O) groups excluding carboxylic acids is 3. The van der Waals surface area contributed by atoms with E-state index in [0.717, 1.165) is 5.56 Å². The van der Waals surface area contributed by atoms with Crippen molar-refractivity contribution in [3.8, 4) is 0 Å². The quantitative estimate of drug-likeness (QED) is 0.612. The Morgan fingerprint density at radius 2 is 1.76 bits per heavy atom. The Balaban J connectivity index is 2.85. The summed E-state index contributed by atoms with van der Waals surface area (Å²) in [5, 5.41) is 5.26. The van der Waals surface area contributed by atoms with Crippen molar-refractivity contribution < 1.29 is 25.2 Å². The highest BCUT2D eigenvalue weighted by Gasteiger charge is 2.31. The summed E-state index contributed by atoms with van der Waals surface area (Å²) in [6, 6.07) is 7.43. The van der Waals surface area contributed by atoms with Gasteiger partial charge in [-0.1, -0.05) is 64.9 Å². The highest BCUT2D eigenvalue weighted by molar-refractivity contribution is 5.89. The number of carbonyl (C=O) groups is 3. The Bertz CT molecular complexity index is 694. The number of hydrogen-bond donors (Lipinski definition) is 2. The highest BCUT2D eigenvalue weighted by Crippen LogP contribution is 2.21. The molecule has 0 unspecified atom stereocenters. The summed E-state index contributed by atoms with van der Waals surface area (Å²) in [7, 11) is 1.27. The lowest BCUT2D eigenvalue weighted by atomic mass is 9.87. The van der Waals surface area contributed by atoms with Crippen LogP contribution >= 0.6 is 0 Å². The minimum absolute atomic E-state index is 0.0704. The van der Waals surface area contributed by atoms with E-state index in [1.807, 2.05) is 58.0 Å². The zero-order valence-corrected chi connectivity index (χ0v) is 18.0. The van der Waals surface area contributed by atoms with Crippen LogP contribution in [-0.4, -0.2) is 37.2 Å². The van der Waals surface area contributed by atoms with Gasteiger partial charge in [-0.15, -0.1) is 0 Å². The average Bonchev–Trinajstić information content (AvgIpc) is 2.70. The molecule has 7 nitrogen and oxygen atoms in total. The third-order valence-corrected chi connectivity index (χ3v) is 4.09. The van der Waals surface area contributed by atoms with Gasteiger partial charge in [-0.05, 0) is 29.7 Å². The summed E-state index contributed by atoms with van der Waals surface area (Å²) in [5.41, 5.74) is 0.302. The minimum atomic E-state index is -0.951. The second-order valence-corrected chi connectivity index (χ2v) is 8.34. The summed E-state index contributed by atoms with van der Waals surface area (Å²) < 4.78 is 17.7. The number of benzene rings is 1. The zero-order chi connectivity index (χ0) is 22.7. The number of rotatable bonds is 9. The van der Waals surface area contributed by atoms with E-state index in [4.69, 9.17) is 10.8 Å². The topological polar surface area (TPSA) is 93.7 Å². The standard InChI is InChI=1S/C22H34N2O5/c1-15(2)12-17(20(26)28-6)23-19(25)18(13-22(3,4)5)24-21(27)29-14-16-10-8-7-9-11-16/h7-11,15,17-18H,12-14H2,1-6H3,(H,23,25)(H,24,27)/t17-,18-/m0/s1/i3D. The van der Waals surface area contributed by atoms with Crippen molar-refractivity contribution in [2.24, 2.45) is 11.3 Å². The van der Waals surface area contributed by atoms with Crippen molar-refractivity contribution >= 4 is 18.0 Å². The number of nitrogens with one attached hydrogen (secondary N) is 2. The molecule has 1 rings (SSSR count). The normalized spacial score (nSPS) is 13.8. The molecule has 29 heavy (non-hydrogen) atoms. The average molecular weight is 408 g/mol. The van der Waals surface area contributed by atoms with Gasteiger partial charge >= 0.3 is 12.1 Å². The molecular weight excluding hydrogens is 372 g/mol. The van der Waals surface area contributed by atoms with Gasteiger partial charge in [0.05, 0.1) is 7.11 Å². The van der Waals surface area contributed by atoms with Crippen molar-refractivity contribution in [2.75, 3.05) is 7.11 Å². The van der Waals surface area contributed by atoms with Gasteiger partial charge in [0.2, 0.25) is 5.91 Å². The first kappa shape index (κ1) is 22.7. The van der Waals surface area contributed by atoms with Crippen molar-refractivity contribution in [2.45, 2.75) is 66.1 Å². The van der Waals surface area contributed by atoms with Crippen LogP contribution in [-0.2, 0) is 25.7 Å². The number of ether oxygens (including phenoxy) is 2. The van der Waals surface area contributed by atoms with Crippen molar-refractivity contribution in [3.63, 3.8) is 0 Å². The van der Waals surface area contributed by atoms with Gasteiger partial charge in [0.15, 0.2) is 0 Å². The first-order valence-corrected chi connectivity index (χ1v) is 9.72. The smallest absolute Gasteiger partial charge is 0.408 e. The van der Waals surface area contributed by atoms with Crippen molar-refractivity contribution in [1.29, 1.82) is 0 Å². The van der Waals surface area contributed by atoms with Crippen molar-refractivity contribution in [1.82, 2.24) is 10.6 Å². The molecule has 0 spiro atoms. The van der Waals surface area contributed by atoms with E-state index in [-0.39, 0.29) is 25.8 Å². The number of hydrogen-bond acceptors (Lipinski definition) is 5. The van der Waals surface area contributed by atoms with E-state index >= 15 is 0 Å². The van der Waals surface area contributed by atoms with Crippen LogP contribution in [0.1, 0.15) is 54.4 Å². The molecule has 1 aromatic rings. The van der Waals surface area contributed by atoms with Gasteiger partial charge in [0.25, 0.3) is 0 Å². The Morgan fingerprint density at radius 1 is 1.10 bits per heavy atom. The Hall–Kier alpha value is -2.57. The molecule has 0 aromatic heterocycles. The predicted molar refractivity (Wildman–Crippen MR) is 111 cm³/mol. The lowest BCUT2D eigenvalue weighted by Gasteiger charge is -2.27. The largest absolute Gasteiger partial charge is 0.467 e. The van der Waals surface area contributed by atoms with E-state index < -0.39 is 35.5 Å². The maximum Gasteiger partial charge on any atom is 0.408 e. The van der Waals surface area contributed by atoms with Gasteiger partial charge in [-0.25, -0.2) is 9.59 Å². The van der Waals surface area contributed by atoms with Gasteiger partial charge < -0.3 is 20.1 Å². The molecule has 2 atom stereocenters. The van der Waals surface area contributed by atoms with E-state index in [1.165, 1.54) is 7.11 Å². The summed E-state index contributed by atoms with van der Waals surface area (Å²) in [6.45, 7) is 7.68. The zero-order valence-electron chi connectivity index (χ0n) is 19.0. The van der Waals surface area contributed by atoms with Crippen LogP contribution in [0.4, 0.5) is 4.79 Å². The van der Waals surface area contributed by atoms with Crippen molar-refractivity contribution in [3.05, 3.63) is 35.9 Å². The third-order valence-electron chi connectivity index (χ3n) is 4.09. The fourth-order valence-corrected chi connectivity index (χ4v) is 2.77. The SMILES string of the molecule is [2H]CC(C)(C)C[C@H](NC(=O)OCc1ccccc1)C(=O)N[C@@H](CC(C)C)C(=O)OC. The van der Waals surface area contributed by atoms with Gasteiger partial charge in [0.1, 0.15) is 18.7 Å². The molecule has 0 heterocycles. The van der Waals surface area contributed by atoms with E-state index in [2.05, 4.69) is 10.6 Å². The van der Waals surface area contributed by atoms with E-state index in [0.29, 0.717) is 6.42 Å². The van der Waals surface area contributed by atoms with Gasteiger partial charge in [-0.2, -0.15) is 0 Å². The molecular formula is C22H34N2O5. The molecule has 7 heteroatoms. The molecule has 2 amide bonds. The molecule has 162 valence electrons. The second kappa shape index (κ2) is 11.4. The number of amides is 2. The highest BCUT2D eigenvalue weighted by atomic mass is 16.5. The second-order valence-electron chi connectivity index (χ2n) is 8.34. The summed E-state index contributed by atoms with van der Waals surface area (Å²) in [4.78, 5) is 37.3. The van der Waals surface area contributed by atoms with Crippen LogP contribution < -0.4 is 10.6 Å². The van der Waals surface area contributed by atoms with E-state index in [9.17, 15) is 14.4 Å². The maximum absolute atomic E-state index is 12.9. The first-order chi connectivity index (χ1) is 14.1.